The SMILES string of the molecule is O=C1Cc2cc(-c3cc(F)c(Cn4cc5ncccc5c4O)c(F)c3)ccc2N1. The maximum Gasteiger partial charge on any atom is 0.228 e. The van der Waals surface area contributed by atoms with Crippen molar-refractivity contribution in [2.75, 3.05) is 5.32 Å². The number of anilines is 1. The van der Waals surface area contributed by atoms with Crippen molar-refractivity contribution in [2.45, 2.75) is 13.0 Å². The van der Waals surface area contributed by atoms with Crippen LogP contribution in [0.5, 0.6) is 5.88 Å². The standard InChI is InChI=1S/C22H15F2N3O2/c23-17-7-13(12-3-4-19-14(6-12)9-21(28)26-19)8-18(24)16(17)10-27-11-20-15(22(27)29)2-1-5-25-20/h1-8,11,29H,9-10H2,(H,26,28). The maximum atomic E-state index is 14.8. The van der Waals surface area contributed by atoms with Crippen molar-refractivity contribution in [3.8, 4) is 17.0 Å². The van der Waals surface area contributed by atoms with E-state index in [4.69, 9.17) is 0 Å². The van der Waals surface area contributed by atoms with E-state index in [9.17, 15) is 18.7 Å². The Morgan fingerprint density at radius 2 is 1.90 bits per heavy atom. The molecule has 3 heterocycles. The number of rotatable bonds is 3. The number of hydrogen-bond donors (Lipinski definition) is 2. The molecule has 1 aliphatic heterocycles. The van der Waals surface area contributed by atoms with E-state index >= 15 is 0 Å². The maximum absolute atomic E-state index is 14.8. The first-order valence-corrected chi connectivity index (χ1v) is 9.03. The van der Waals surface area contributed by atoms with Crippen LogP contribution in [0.1, 0.15) is 11.1 Å². The lowest BCUT2D eigenvalue weighted by Gasteiger charge is -2.11. The largest absolute Gasteiger partial charge is 0.494 e. The van der Waals surface area contributed by atoms with E-state index in [1.165, 1.54) is 16.7 Å². The Hall–Kier alpha value is -3.74. The van der Waals surface area contributed by atoms with Crippen LogP contribution >= 0.6 is 0 Å². The van der Waals surface area contributed by atoms with E-state index in [0.29, 0.717) is 22.0 Å². The summed E-state index contributed by atoms with van der Waals surface area (Å²) in [5.41, 5.74) is 2.93. The molecule has 7 heteroatoms. The summed E-state index contributed by atoms with van der Waals surface area (Å²) in [6, 6.07) is 11.1. The van der Waals surface area contributed by atoms with Crippen LogP contribution in [0, 0.1) is 11.6 Å². The summed E-state index contributed by atoms with van der Waals surface area (Å²) in [6.45, 7) is -0.164. The molecule has 0 fully saturated rings. The second-order valence-corrected chi connectivity index (χ2v) is 7.03. The van der Waals surface area contributed by atoms with Gasteiger partial charge >= 0.3 is 0 Å². The zero-order valence-corrected chi connectivity index (χ0v) is 15.1. The van der Waals surface area contributed by atoms with Gasteiger partial charge in [-0.1, -0.05) is 6.07 Å². The predicted octanol–water partition coefficient (Wildman–Crippen LogP) is 4.23. The van der Waals surface area contributed by atoms with Gasteiger partial charge in [-0.2, -0.15) is 0 Å². The van der Waals surface area contributed by atoms with Gasteiger partial charge in [0.1, 0.15) is 11.6 Å². The summed E-state index contributed by atoms with van der Waals surface area (Å²) in [6.07, 6.45) is 3.39. The van der Waals surface area contributed by atoms with Crippen LogP contribution in [0.15, 0.2) is 54.9 Å². The molecule has 5 nitrogen and oxygen atoms in total. The van der Waals surface area contributed by atoms with Gasteiger partial charge in [-0.25, -0.2) is 8.78 Å². The lowest BCUT2D eigenvalue weighted by molar-refractivity contribution is -0.115. The van der Waals surface area contributed by atoms with Crippen molar-refractivity contribution in [2.24, 2.45) is 0 Å². The van der Waals surface area contributed by atoms with Gasteiger partial charge in [0.05, 0.1) is 23.9 Å². The highest BCUT2D eigenvalue weighted by atomic mass is 19.1. The monoisotopic (exact) mass is 391 g/mol. The Balaban J connectivity index is 1.51. The molecule has 4 aromatic rings. The Bertz CT molecular complexity index is 1270. The van der Waals surface area contributed by atoms with Crippen LogP contribution in [0.4, 0.5) is 14.5 Å². The predicted molar refractivity (Wildman–Crippen MR) is 105 cm³/mol. The summed E-state index contributed by atoms with van der Waals surface area (Å²) >= 11 is 0. The average Bonchev–Trinajstić information content (AvgIpc) is 3.23. The van der Waals surface area contributed by atoms with Crippen molar-refractivity contribution in [3.05, 3.63) is 77.6 Å². The lowest BCUT2D eigenvalue weighted by atomic mass is 9.99. The smallest absolute Gasteiger partial charge is 0.228 e. The molecular formula is C22H15F2N3O2. The molecule has 29 heavy (non-hydrogen) atoms. The summed E-state index contributed by atoms with van der Waals surface area (Å²) in [5.74, 6) is -1.61. The summed E-state index contributed by atoms with van der Waals surface area (Å²) in [4.78, 5) is 15.6. The molecule has 0 saturated carbocycles. The first-order chi connectivity index (χ1) is 14.0. The first kappa shape index (κ1) is 17.4. The molecule has 0 atom stereocenters. The number of benzene rings is 2. The van der Waals surface area contributed by atoms with Gasteiger partial charge in [-0.3, -0.25) is 9.78 Å². The van der Waals surface area contributed by atoms with E-state index in [-0.39, 0.29) is 30.3 Å². The molecule has 2 N–H and O–H groups in total. The highest BCUT2D eigenvalue weighted by Crippen LogP contribution is 2.32. The van der Waals surface area contributed by atoms with E-state index in [0.717, 1.165) is 11.3 Å². The van der Waals surface area contributed by atoms with Crippen LogP contribution in [0.2, 0.25) is 0 Å². The molecule has 0 radical (unpaired) electrons. The van der Waals surface area contributed by atoms with Crippen molar-refractivity contribution >= 4 is 22.5 Å². The van der Waals surface area contributed by atoms with Gasteiger partial charge in [0.2, 0.25) is 11.8 Å². The van der Waals surface area contributed by atoms with Crippen molar-refractivity contribution in [1.82, 2.24) is 9.55 Å². The second-order valence-electron chi connectivity index (χ2n) is 7.03. The Labute approximate surface area is 164 Å². The van der Waals surface area contributed by atoms with E-state index in [1.54, 1.807) is 42.7 Å². The van der Waals surface area contributed by atoms with Crippen molar-refractivity contribution < 1.29 is 18.7 Å². The van der Waals surface area contributed by atoms with Gasteiger partial charge in [0.15, 0.2) is 0 Å². The van der Waals surface area contributed by atoms with Gasteiger partial charge in [0, 0.05) is 23.6 Å². The summed E-state index contributed by atoms with van der Waals surface area (Å²) in [5, 5.41) is 13.6. The molecule has 0 saturated heterocycles. The first-order valence-electron chi connectivity index (χ1n) is 9.03. The van der Waals surface area contributed by atoms with Gasteiger partial charge in [-0.05, 0) is 53.1 Å². The number of halogens is 2. The molecule has 0 aliphatic carbocycles. The Morgan fingerprint density at radius 3 is 2.66 bits per heavy atom. The Morgan fingerprint density at radius 1 is 1.10 bits per heavy atom. The molecular weight excluding hydrogens is 376 g/mol. The van der Waals surface area contributed by atoms with Crippen LogP contribution in [0.3, 0.4) is 0 Å². The second kappa shape index (κ2) is 6.41. The fourth-order valence-corrected chi connectivity index (χ4v) is 3.69. The average molecular weight is 391 g/mol. The van der Waals surface area contributed by atoms with Gasteiger partial charge in [0.25, 0.3) is 0 Å². The molecule has 144 valence electrons. The van der Waals surface area contributed by atoms with Crippen molar-refractivity contribution in [3.63, 3.8) is 0 Å². The molecule has 2 aromatic heterocycles. The number of nitrogens with one attached hydrogen (secondary N) is 1. The molecule has 0 bridgehead atoms. The normalized spacial score (nSPS) is 13.0. The molecule has 5 rings (SSSR count). The third-order valence-corrected chi connectivity index (χ3v) is 5.16. The van der Waals surface area contributed by atoms with Crippen LogP contribution in [-0.4, -0.2) is 20.6 Å². The van der Waals surface area contributed by atoms with E-state index in [1.807, 2.05) is 0 Å². The number of fused-ring (bicyclic) bond motifs is 2. The van der Waals surface area contributed by atoms with Crippen LogP contribution in [-0.2, 0) is 17.8 Å². The zero-order chi connectivity index (χ0) is 20.1. The van der Waals surface area contributed by atoms with E-state index in [2.05, 4.69) is 10.3 Å². The molecule has 2 aromatic carbocycles. The highest BCUT2D eigenvalue weighted by Gasteiger charge is 2.20. The lowest BCUT2D eigenvalue weighted by Crippen LogP contribution is -2.04. The number of carbonyl (C=O) groups excluding carboxylic acids is 1. The van der Waals surface area contributed by atoms with Crippen LogP contribution in [0.25, 0.3) is 22.0 Å². The number of nitrogens with zero attached hydrogens (tertiary/aromatic N) is 2. The number of carbonyl (C=O) groups is 1. The zero-order valence-electron chi connectivity index (χ0n) is 15.1. The summed E-state index contributed by atoms with van der Waals surface area (Å²) < 4.78 is 30.9. The summed E-state index contributed by atoms with van der Waals surface area (Å²) in [7, 11) is 0. The quantitative estimate of drug-likeness (QED) is 0.549. The molecule has 1 aliphatic rings. The van der Waals surface area contributed by atoms with Gasteiger partial charge < -0.3 is 15.0 Å². The number of amides is 1. The molecule has 0 unspecified atom stereocenters. The minimum Gasteiger partial charge on any atom is -0.494 e. The number of hydrogen-bond acceptors (Lipinski definition) is 3. The third-order valence-electron chi connectivity index (χ3n) is 5.16. The molecule has 0 spiro atoms. The minimum absolute atomic E-state index is 0.0910. The van der Waals surface area contributed by atoms with Gasteiger partial charge in [-0.15, -0.1) is 0 Å². The van der Waals surface area contributed by atoms with E-state index < -0.39 is 11.6 Å². The van der Waals surface area contributed by atoms with Crippen molar-refractivity contribution in [1.29, 1.82) is 0 Å². The molecule has 1 amide bonds. The highest BCUT2D eigenvalue weighted by molar-refractivity contribution is 5.99. The number of pyridine rings is 1. The topological polar surface area (TPSA) is 67.2 Å². The third kappa shape index (κ3) is 2.91. The minimum atomic E-state index is -0.709. The Kier molecular flexibility index (Phi) is 3.84. The fourth-order valence-electron chi connectivity index (χ4n) is 3.69. The van der Waals surface area contributed by atoms with Crippen LogP contribution < -0.4 is 5.32 Å². The number of aromatic hydroxyl groups is 1. The number of aromatic nitrogens is 2. The fraction of sp³-hybridized carbons (Fsp3) is 0.0909.